The van der Waals surface area contributed by atoms with Crippen LogP contribution >= 0.6 is 0 Å². The largest absolute Gasteiger partial charge is 1.00 e. The third kappa shape index (κ3) is 8.40. The molecule has 0 fully saturated rings. The van der Waals surface area contributed by atoms with Crippen molar-refractivity contribution in [3.05, 3.63) is 87.0 Å². The number of likely N-dealkylation sites (N-methyl/N-ethyl adjacent to an activating group) is 2. The van der Waals surface area contributed by atoms with Crippen LogP contribution < -0.4 is 47.4 Å². The molecule has 1 radical (unpaired) electrons. The van der Waals surface area contributed by atoms with E-state index in [9.17, 15) is 14.9 Å². The molecule has 355 valence electrons. The minimum Gasteiger partial charge on any atom is -0.518 e. The average molecular weight is 1050 g/mol. The Morgan fingerprint density at radius 1 is 0.657 bits per heavy atom. The predicted molar refractivity (Wildman–Crippen MR) is 227 cm³/mol. The van der Waals surface area contributed by atoms with Crippen LogP contribution in [-0.4, -0.2) is 105 Å². The van der Waals surface area contributed by atoms with Gasteiger partial charge in [-0.15, -0.1) is 11.6 Å². The molecular formula is C47H48CuN4O14Y-. The molecule has 20 heteroatoms. The number of hydrogen-bond acceptors (Lipinski definition) is 18. The first-order valence-electron chi connectivity index (χ1n) is 20.0. The van der Waals surface area contributed by atoms with Crippen molar-refractivity contribution < 1.29 is 116 Å². The molecule has 0 aromatic heterocycles. The molecule has 0 unspecified atom stereocenters. The van der Waals surface area contributed by atoms with E-state index < -0.39 is 30.2 Å². The number of carbonyl (C=O) groups excluding carboxylic acids is 2. The van der Waals surface area contributed by atoms with Crippen molar-refractivity contribution in [2.24, 2.45) is 0 Å². The maximum Gasteiger partial charge on any atom is 1.00 e. The second kappa shape index (κ2) is 21.5. The van der Waals surface area contributed by atoms with Crippen molar-refractivity contribution in [1.82, 2.24) is 9.80 Å². The zero-order valence-electron chi connectivity index (χ0n) is 37.2. The molecule has 67 heavy (non-hydrogen) atoms. The van der Waals surface area contributed by atoms with Crippen LogP contribution in [0.3, 0.4) is 0 Å². The summed E-state index contributed by atoms with van der Waals surface area (Å²) in [6.45, 7) is 6.32. The van der Waals surface area contributed by atoms with E-state index in [0.717, 1.165) is 40.8 Å². The van der Waals surface area contributed by atoms with E-state index in [1.165, 1.54) is 28.4 Å². The number of fused-ring (bicyclic) bond motifs is 6. The Morgan fingerprint density at radius 2 is 1.12 bits per heavy atom. The van der Waals surface area contributed by atoms with E-state index in [1.54, 1.807) is 26.4 Å². The molecule has 0 saturated carbocycles. The first kappa shape index (κ1) is 52.3. The Morgan fingerprint density at radius 3 is 1.63 bits per heavy atom. The van der Waals surface area contributed by atoms with E-state index in [4.69, 9.17) is 68.7 Å². The Kier molecular flexibility index (Phi) is 16.8. The number of methoxy groups -OCH3 is 6. The average Bonchev–Trinajstić information content (AvgIpc) is 4.14. The zero-order chi connectivity index (χ0) is 45.6. The SMILES string of the molecule is C.COc1ccc2c(c1OC)C(=O)O[C@@H]2[C@H]1c2c([c-]c3c(c2OC)OCO3)CCN1C.COc1ccc2c(c1OC)C(=O)O[C@@H]2[C@H]1c2c(c(C#N)c3c(c2OC)OCO3)CCN1C.[C-]#N.[Cu+].[Y]. The fourth-order valence-corrected chi connectivity index (χ4v) is 9.56. The van der Waals surface area contributed by atoms with E-state index in [-0.39, 0.29) is 76.8 Å². The number of benzene rings is 4. The number of carbonyl (C=O) groups is 2. The summed E-state index contributed by atoms with van der Waals surface area (Å²) < 4.78 is 67.4. The minimum atomic E-state index is -0.637. The fraction of sp³-hybridized carbons (Fsp3) is 0.404. The van der Waals surface area contributed by atoms with Crippen LogP contribution in [0.1, 0.15) is 91.4 Å². The molecule has 6 aliphatic rings. The molecule has 0 aliphatic carbocycles. The monoisotopic (exact) mass is 1040 g/mol. The molecule has 0 amide bonds. The summed E-state index contributed by atoms with van der Waals surface area (Å²) in [6, 6.07) is 12.1. The van der Waals surface area contributed by atoms with Crippen LogP contribution in [0.25, 0.3) is 0 Å². The van der Waals surface area contributed by atoms with Gasteiger partial charge in [0.1, 0.15) is 35.0 Å². The summed E-state index contributed by atoms with van der Waals surface area (Å²) >= 11 is 0. The number of ether oxygens (including phenoxy) is 12. The summed E-state index contributed by atoms with van der Waals surface area (Å²) in [5, 5.41) is 16.2. The molecule has 4 aromatic rings. The second-order valence-electron chi connectivity index (χ2n) is 15.1. The van der Waals surface area contributed by atoms with Crippen LogP contribution in [0.2, 0.25) is 0 Å². The number of cyclic esters (lactones) is 2. The molecule has 18 nitrogen and oxygen atoms in total. The van der Waals surface area contributed by atoms with Crippen molar-refractivity contribution >= 4 is 11.9 Å². The fourth-order valence-electron chi connectivity index (χ4n) is 9.56. The van der Waals surface area contributed by atoms with Gasteiger partial charge in [0.05, 0.1) is 65.9 Å². The molecule has 4 aromatic carbocycles. The number of hydrogen-bond donors (Lipinski definition) is 0. The molecule has 0 saturated heterocycles. The molecule has 0 spiro atoms. The van der Waals surface area contributed by atoms with Gasteiger partial charge in [0.15, 0.2) is 34.5 Å². The van der Waals surface area contributed by atoms with Crippen LogP contribution in [0.4, 0.5) is 0 Å². The third-order valence-electron chi connectivity index (χ3n) is 12.3. The molecule has 0 bridgehead atoms. The van der Waals surface area contributed by atoms with E-state index >= 15 is 0 Å². The molecular weight excluding hydrogens is 997 g/mol. The Bertz CT molecular complexity index is 2620. The van der Waals surface area contributed by atoms with Gasteiger partial charge in [-0.1, -0.05) is 25.1 Å². The molecule has 6 aliphatic heterocycles. The Labute approximate surface area is 424 Å². The van der Waals surface area contributed by atoms with Gasteiger partial charge in [-0.05, 0) is 51.2 Å². The number of esters is 2. The van der Waals surface area contributed by atoms with Crippen molar-refractivity contribution in [3.8, 4) is 63.6 Å². The maximum atomic E-state index is 12.9. The smallest absolute Gasteiger partial charge is 0.518 e. The van der Waals surface area contributed by atoms with Gasteiger partial charge >= 0.3 is 29.0 Å². The summed E-state index contributed by atoms with van der Waals surface area (Å²) in [5.74, 6) is 3.73. The first-order chi connectivity index (χ1) is 31.1. The second-order valence-corrected chi connectivity index (χ2v) is 15.1. The summed E-state index contributed by atoms with van der Waals surface area (Å²) in [4.78, 5) is 30.1. The molecule has 0 N–H and O–H groups in total. The van der Waals surface area contributed by atoms with Crippen LogP contribution in [0.15, 0.2) is 24.3 Å². The van der Waals surface area contributed by atoms with Gasteiger partial charge in [-0.2, -0.15) is 5.26 Å². The Hall–Kier alpha value is -5.66. The first-order valence-corrected chi connectivity index (χ1v) is 20.0. The van der Waals surface area contributed by atoms with Gasteiger partial charge in [0.2, 0.25) is 19.3 Å². The van der Waals surface area contributed by atoms with Gasteiger partial charge in [-0.25, -0.2) is 9.59 Å². The summed E-state index contributed by atoms with van der Waals surface area (Å²) in [5.41, 5.74) is 6.08. The van der Waals surface area contributed by atoms with Crippen LogP contribution in [0.5, 0.6) is 57.5 Å². The van der Waals surface area contributed by atoms with Gasteiger partial charge in [0, 0.05) is 62.0 Å². The minimum absolute atomic E-state index is 0. The molecule has 10 rings (SSSR count). The van der Waals surface area contributed by atoms with Crippen molar-refractivity contribution in [1.29, 1.82) is 10.5 Å². The quantitative estimate of drug-likeness (QED) is 0.110. The van der Waals surface area contributed by atoms with E-state index in [0.29, 0.717) is 92.7 Å². The normalized spacial score (nSPS) is 19.7. The van der Waals surface area contributed by atoms with Crippen LogP contribution in [-0.2, 0) is 72.1 Å². The van der Waals surface area contributed by atoms with Crippen LogP contribution in [0, 0.1) is 29.2 Å². The number of rotatable bonds is 8. The maximum absolute atomic E-state index is 12.9. The third-order valence-corrected chi connectivity index (χ3v) is 12.3. The van der Waals surface area contributed by atoms with Crippen molar-refractivity contribution in [2.45, 2.75) is 44.6 Å². The molecule has 6 heterocycles. The van der Waals surface area contributed by atoms with Crippen molar-refractivity contribution in [3.63, 3.8) is 0 Å². The number of nitriles is 1. The molecule has 4 atom stereocenters. The number of nitrogens with zero attached hydrogens (tertiary/aromatic N) is 4. The Balaban J connectivity index is 0.000000232. The standard InChI is InChI=1S/C23H22N2O7.C22H22NO7.CN.CH4.Cu.Y/c1-25-8-7-11-13(9-24)19-22(31-10-30-19)21(29-4)15(11)17(25)18-12-5-6-14(27-2)20(28-3)16(12)23(26)32-18;1-23-8-7-11-9-14-20(29-10-28-14)21(27-4)15(11)17(23)18-12-5-6-13(25-2)19(26-3)16(12)22(24)30-18;1-2;;;/h5-6,17-18H,7-8,10H2,1-4H3;5-6,17-18H,7-8,10H2,1-4H3;;1H4;;/q;2*-1;;+1;/t2*17-,18+;;;;/m11..../s1. The predicted octanol–water partition coefficient (Wildman–Crippen LogP) is 6.16. The van der Waals surface area contributed by atoms with E-state index in [2.05, 4.69) is 21.9 Å². The van der Waals surface area contributed by atoms with Gasteiger partial charge in [-0.3, -0.25) is 4.90 Å². The van der Waals surface area contributed by atoms with Gasteiger partial charge < -0.3 is 73.6 Å². The van der Waals surface area contributed by atoms with Gasteiger partial charge in [0.25, 0.3) is 0 Å². The summed E-state index contributed by atoms with van der Waals surface area (Å²) in [7, 11) is 13.2. The zero-order valence-corrected chi connectivity index (χ0v) is 41.0. The topological polar surface area (TPSA) is 199 Å². The van der Waals surface area contributed by atoms with E-state index in [1.807, 2.05) is 26.2 Å². The van der Waals surface area contributed by atoms with Crippen molar-refractivity contribution in [2.75, 3.05) is 83.4 Å². The summed E-state index contributed by atoms with van der Waals surface area (Å²) in [6.07, 6.45) is 0.216.